The van der Waals surface area contributed by atoms with Gasteiger partial charge in [-0.2, -0.15) is 12.6 Å². The van der Waals surface area contributed by atoms with Crippen LogP contribution in [0.25, 0.3) is 0 Å². The zero-order chi connectivity index (χ0) is 6.69. The molecule has 9 heavy (non-hydrogen) atoms. The summed E-state index contributed by atoms with van der Waals surface area (Å²) in [5, 5.41) is 3.04. The number of thiol groups is 1. The van der Waals surface area contributed by atoms with Crippen LogP contribution in [0, 0.1) is 5.92 Å². The molecule has 3 heteroatoms. The van der Waals surface area contributed by atoms with Crippen LogP contribution in [0.2, 0.25) is 0 Å². The molecule has 1 saturated heterocycles. The molecular formula is C6H11NOS. The van der Waals surface area contributed by atoms with E-state index < -0.39 is 0 Å². The number of carbonyl (C=O) groups excluding carboxylic acids is 1. The summed E-state index contributed by atoms with van der Waals surface area (Å²) in [7, 11) is 0. The van der Waals surface area contributed by atoms with Gasteiger partial charge in [-0.1, -0.05) is 0 Å². The minimum atomic E-state index is 0.320. The summed E-state index contributed by atoms with van der Waals surface area (Å²) in [4.78, 5) is 10.7. The van der Waals surface area contributed by atoms with Gasteiger partial charge >= 0.3 is 0 Å². The fraction of sp³-hybridized carbons (Fsp3) is 0.833. The van der Waals surface area contributed by atoms with Gasteiger partial charge in [-0.3, -0.25) is 4.79 Å². The number of carbonyl (C=O) groups is 1. The molecule has 1 aliphatic heterocycles. The van der Waals surface area contributed by atoms with Crippen molar-refractivity contribution < 1.29 is 4.79 Å². The number of Topliss-reactive ketones (excluding diaryl/α,β-unsaturated/α-hetero) is 1. The summed E-state index contributed by atoms with van der Waals surface area (Å²) in [6.07, 6.45) is 0.719. The minimum absolute atomic E-state index is 0.320. The van der Waals surface area contributed by atoms with E-state index in [0.717, 1.165) is 18.7 Å². The third-order valence-corrected chi connectivity index (χ3v) is 2.05. The predicted octanol–water partition coefficient (Wildman–Crippen LogP) is 0.0948. The lowest BCUT2D eigenvalue weighted by Gasteiger charge is -2.19. The number of nitrogens with one attached hydrogen (secondary N) is 1. The lowest BCUT2D eigenvalue weighted by atomic mass is 10.0. The molecule has 0 radical (unpaired) electrons. The summed E-state index contributed by atoms with van der Waals surface area (Å²) in [6.45, 7) is 1.51. The van der Waals surface area contributed by atoms with Crippen LogP contribution in [-0.2, 0) is 4.79 Å². The van der Waals surface area contributed by atoms with Gasteiger partial charge in [-0.15, -0.1) is 0 Å². The molecule has 1 unspecified atom stereocenters. The third-order valence-electron chi connectivity index (χ3n) is 1.53. The molecule has 0 amide bonds. The van der Waals surface area contributed by atoms with Crippen LogP contribution in [0.15, 0.2) is 0 Å². The summed E-state index contributed by atoms with van der Waals surface area (Å²) in [5.41, 5.74) is 0. The molecule has 1 aliphatic rings. The molecule has 1 heterocycles. The number of hydrogen-bond donors (Lipinski definition) is 2. The van der Waals surface area contributed by atoms with Crippen LogP contribution >= 0.6 is 12.6 Å². The Morgan fingerprint density at radius 2 is 2.56 bits per heavy atom. The lowest BCUT2D eigenvalue weighted by molar-refractivity contribution is -0.120. The smallest absolute Gasteiger partial charge is 0.146 e. The van der Waals surface area contributed by atoms with E-state index in [1.807, 2.05) is 0 Å². The van der Waals surface area contributed by atoms with Crippen molar-refractivity contribution in [3.05, 3.63) is 0 Å². The van der Waals surface area contributed by atoms with Crippen molar-refractivity contribution in [3.63, 3.8) is 0 Å². The van der Waals surface area contributed by atoms with Gasteiger partial charge in [0.1, 0.15) is 5.78 Å². The van der Waals surface area contributed by atoms with E-state index >= 15 is 0 Å². The van der Waals surface area contributed by atoms with Crippen molar-refractivity contribution in [2.45, 2.75) is 6.42 Å². The van der Waals surface area contributed by atoms with Crippen molar-refractivity contribution in [3.8, 4) is 0 Å². The van der Waals surface area contributed by atoms with Gasteiger partial charge in [0.25, 0.3) is 0 Å². The van der Waals surface area contributed by atoms with Crippen LogP contribution in [0.1, 0.15) is 6.42 Å². The first kappa shape index (κ1) is 7.09. The van der Waals surface area contributed by atoms with E-state index in [9.17, 15) is 4.79 Å². The van der Waals surface area contributed by atoms with Crippen molar-refractivity contribution >= 4 is 18.4 Å². The molecule has 1 N–H and O–H groups in total. The van der Waals surface area contributed by atoms with Gasteiger partial charge in [0.15, 0.2) is 0 Å². The lowest BCUT2D eigenvalue weighted by Crippen LogP contribution is -2.37. The van der Waals surface area contributed by atoms with Crippen molar-refractivity contribution in [1.29, 1.82) is 0 Å². The quantitative estimate of drug-likeness (QED) is 0.512. The second kappa shape index (κ2) is 3.22. The Morgan fingerprint density at radius 3 is 3.00 bits per heavy atom. The fourth-order valence-corrected chi connectivity index (χ4v) is 1.27. The monoisotopic (exact) mass is 145 g/mol. The number of hydrogen-bond acceptors (Lipinski definition) is 3. The second-order valence-corrected chi connectivity index (χ2v) is 2.79. The molecule has 1 fully saturated rings. The SMILES string of the molecule is O=C1CNCC(CS)C1. The van der Waals surface area contributed by atoms with Gasteiger partial charge in [0.05, 0.1) is 6.54 Å². The largest absolute Gasteiger partial charge is 0.310 e. The van der Waals surface area contributed by atoms with Crippen LogP contribution in [0.5, 0.6) is 0 Å². The molecule has 0 bridgehead atoms. The number of rotatable bonds is 1. The van der Waals surface area contributed by atoms with E-state index in [1.54, 1.807) is 0 Å². The maximum absolute atomic E-state index is 10.7. The highest BCUT2D eigenvalue weighted by atomic mass is 32.1. The van der Waals surface area contributed by atoms with E-state index in [4.69, 9.17) is 0 Å². The van der Waals surface area contributed by atoms with Crippen LogP contribution in [-0.4, -0.2) is 24.6 Å². The average Bonchev–Trinajstić information content (AvgIpc) is 1.88. The highest BCUT2D eigenvalue weighted by Crippen LogP contribution is 2.07. The summed E-state index contributed by atoms with van der Waals surface area (Å²) < 4.78 is 0. The Kier molecular flexibility index (Phi) is 2.54. The third kappa shape index (κ3) is 1.99. The minimum Gasteiger partial charge on any atom is -0.310 e. The van der Waals surface area contributed by atoms with E-state index in [0.29, 0.717) is 18.2 Å². The van der Waals surface area contributed by atoms with Crippen LogP contribution in [0.4, 0.5) is 0 Å². The van der Waals surface area contributed by atoms with Crippen molar-refractivity contribution in [1.82, 2.24) is 5.32 Å². The zero-order valence-electron chi connectivity index (χ0n) is 5.26. The summed E-state index contributed by atoms with van der Waals surface area (Å²) in [6, 6.07) is 0. The Morgan fingerprint density at radius 1 is 1.78 bits per heavy atom. The van der Waals surface area contributed by atoms with Crippen LogP contribution in [0.3, 0.4) is 0 Å². The van der Waals surface area contributed by atoms with Gasteiger partial charge in [0.2, 0.25) is 0 Å². The first-order valence-corrected chi connectivity index (χ1v) is 3.79. The molecule has 2 nitrogen and oxygen atoms in total. The van der Waals surface area contributed by atoms with Gasteiger partial charge in [-0.25, -0.2) is 0 Å². The second-order valence-electron chi connectivity index (χ2n) is 2.42. The number of ketones is 1. The topological polar surface area (TPSA) is 29.1 Å². The van der Waals surface area contributed by atoms with Gasteiger partial charge in [0, 0.05) is 6.42 Å². The molecule has 0 aliphatic carbocycles. The molecule has 0 aromatic rings. The van der Waals surface area contributed by atoms with E-state index in [-0.39, 0.29) is 0 Å². The molecule has 1 atom stereocenters. The zero-order valence-corrected chi connectivity index (χ0v) is 6.16. The highest BCUT2D eigenvalue weighted by Gasteiger charge is 2.16. The predicted molar refractivity (Wildman–Crippen MR) is 39.8 cm³/mol. The van der Waals surface area contributed by atoms with E-state index in [1.165, 1.54) is 0 Å². The Hall–Kier alpha value is -0.0200. The fourth-order valence-electron chi connectivity index (χ4n) is 1.01. The standard InChI is InChI=1S/C6H11NOS/c8-6-1-5(4-9)2-7-3-6/h5,7,9H,1-4H2. The first-order chi connectivity index (χ1) is 4.33. The first-order valence-electron chi connectivity index (χ1n) is 3.16. The van der Waals surface area contributed by atoms with E-state index in [2.05, 4.69) is 17.9 Å². The van der Waals surface area contributed by atoms with Crippen molar-refractivity contribution in [2.75, 3.05) is 18.8 Å². The molecule has 0 aromatic heterocycles. The Labute approximate surface area is 60.4 Å². The average molecular weight is 145 g/mol. The normalized spacial score (nSPS) is 28.6. The molecule has 52 valence electrons. The van der Waals surface area contributed by atoms with Crippen molar-refractivity contribution in [2.24, 2.45) is 5.92 Å². The Bertz CT molecular complexity index is 116. The highest BCUT2D eigenvalue weighted by molar-refractivity contribution is 7.80. The maximum atomic E-state index is 10.7. The number of piperidine rings is 1. The van der Waals surface area contributed by atoms with Gasteiger partial charge in [-0.05, 0) is 18.2 Å². The molecular weight excluding hydrogens is 134 g/mol. The molecule has 0 saturated carbocycles. The Balaban J connectivity index is 2.32. The molecule has 0 spiro atoms. The van der Waals surface area contributed by atoms with Gasteiger partial charge < -0.3 is 5.32 Å². The maximum Gasteiger partial charge on any atom is 0.146 e. The summed E-state index contributed by atoms with van der Waals surface area (Å²) in [5.74, 6) is 1.61. The van der Waals surface area contributed by atoms with Crippen LogP contribution < -0.4 is 5.32 Å². The molecule has 0 aromatic carbocycles. The summed E-state index contributed by atoms with van der Waals surface area (Å²) >= 11 is 4.11. The molecule has 1 rings (SSSR count).